The molecule has 5 heteroatoms. The molecule has 0 saturated heterocycles. The number of Topliss-reactive ketones (excluding diaryl/α,β-unsaturated/α-hetero) is 1. The van der Waals surface area contributed by atoms with Gasteiger partial charge in [0.1, 0.15) is 11.7 Å². The Bertz CT molecular complexity index is 709. The zero-order chi connectivity index (χ0) is 14.7. The van der Waals surface area contributed by atoms with Crippen LogP contribution in [0.2, 0.25) is 10.0 Å². The molecule has 0 radical (unpaired) electrons. The van der Waals surface area contributed by atoms with Gasteiger partial charge in [-0.25, -0.2) is 4.39 Å². The van der Waals surface area contributed by atoms with Crippen molar-refractivity contribution in [1.82, 2.24) is 0 Å². The molecule has 0 heterocycles. The summed E-state index contributed by atoms with van der Waals surface area (Å²) in [6, 6.07) is 11.8. The van der Waals surface area contributed by atoms with Gasteiger partial charge >= 0.3 is 0 Å². The Hall–Kier alpha value is -1.89. The molecule has 0 saturated carbocycles. The van der Waals surface area contributed by atoms with E-state index < -0.39 is 17.5 Å². The summed E-state index contributed by atoms with van der Waals surface area (Å²) in [6.07, 6.45) is 0. The van der Waals surface area contributed by atoms with Gasteiger partial charge in [0, 0.05) is 11.1 Å². The highest BCUT2D eigenvalue weighted by Crippen LogP contribution is 2.27. The Morgan fingerprint density at radius 2 is 1.85 bits per heavy atom. The lowest BCUT2D eigenvalue weighted by atomic mass is 9.91. The number of benzene rings is 2. The van der Waals surface area contributed by atoms with Crippen molar-refractivity contribution in [3.05, 3.63) is 69.5 Å². The van der Waals surface area contributed by atoms with Crippen LogP contribution >= 0.6 is 23.2 Å². The largest absolute Gasteiger partial charge is 0.292 e. The van der Waals surface area contributed by atoms with E-state index in [-0.39, 0.29) is 16.1 Å². The molecule has 0 aliphatic rings. The van der Waals surface area contributed by atoms with E-state index in [1.807, 2.05) is 6.07 Å². The van der Waals surface area contributed by atoms with Gasteiger partial charge in [0.2, 0.25) is 0 Å². The van der Waals surface area contributed by atoms with E-state index in [1.54, 1.807) is 6.07 Å². The Balaban J connectivity index is 2.42. The molecular weight excluding hydrogens is 300 g/mol. The van der Waals surface area contributed by atoms with E-state index in [2.05, 4.69) is 0 Å². The number of hydrogen-bond donors (Lipinski definition) is 0. The van der Waals surface area contributed by atoms with E-state index in [1.165, 1.54) is 36.4 Å². The van der Waals surface area contributed by atoms with Crippen molar-refractivity contribution in [2.75, 3.05) is 0 Å². The highest BCUT2D eigenvalue weighted by molar-refractivity contribution is 6.42. The van der Waals surface area contributed by atoms with Crippen LogP contribution in [0.5, 0.6) is 0 Å². The highest BCUT2D eigenvalue weighted by atomic mass is 35.5. The second-order valence-corrected chi connectivity index (χ2v) is 4.89. The lowest BCUT2D eigenvalue weighted by molar-refractivity contribution is 0.0977. The fourth-order valence-electron chi connectivity index (χ4n) is 1.79. The molecule has 2 aromatic rings. The molecule has 100 valence electrons. The predicted octanol–water partition coefficient (Wildman–Crippen LogP) is 4.62. The SMILES string of the molecule is N#CC(C(=O)c1ccc(Cl)c(Cl)c1)c1ccccc1F. The first-order valence-electron chi connectivity index (χ1n) is 5.68. The molecule has 20 heavy (non-hydrogen) atoms. The molecule has 0 aliphatic carbocycles. The molecular formula is C15H8Cl2FNO. The van der Waals surface area contributed by atoms with Crippen LogP contribution in [0.1, 0.15) is 21.8 Å². The van der Waals surface area contributed by atoms with Crippen LogP contribution < -0.4 is 0 Å². The molecule has 1 atom stereocenters. The van der Waals surface area contributed by atoms with E-state index in [0.29, 0.717) is 5.02 Å². The summed E-state index contributed by atoms with van der Waals surface area (Å²) in [6.45, 7) is 0. The molecule has 0 amide bonds. The van der Waals surface area contributed by atoms with Gasteiger partial charge in [0.15, 0.2) is 5.78 Å². The van der Waals surface area contributed by atoms with Crippen molar-refractivity contribution in [1.29, 1.82) is 5.26 Å². The topological polar surface area (TPSA) is 40.9 Å². The van der Waals surface area contributed by atoms with Gasteiger partial charge < -0.3 is 0 Å². The third-order valence-electron chi connectivity index (χ3n) is 2.81. The zero-order valence-corrected chi connectivity index (χ0v) is 11.6. The maximum Gasteiger partial charge on any atom is 0.184 e. The predicted molar refractivity (Wildman–Crippen MR) is 75.5 cm³/mol. The number of halogens is 3. The summed E-state index contributed by atoms with van der Waals surface area (Å²) < 4.78 is 13.7. The van der Waals surface area contributed by atoms with Crippen LogP contribution in [-0.4, -0.2) is 5.78 Å². The van der Waals surface area contributed by atoms with Crippen LogP contribution in [0, 0.1) is 17.1 Å². The van der Waals surface area contributed by atoms with Crippen LogP contribution in [-0.2, 0) is 0 Å². The molecule has 1 unspecified atom stereocenters. The fraction of sp³-hybridized carbons (Fsp3) is 0.0667. The van der Waals surface area contributed by atoms with E-state index in [9.17, 15) is 9.18 Å². The average Bonchev–Trinajstić information content (AvgIpc) is 2.44. The van der Waals surface area contributed by atoms with Gasteiger partial charge in [-0.2, -0.15) is 5.26 Å². The average molecular weight is 308 g/mol. The summed E-state index contributed by atoms with van der Waals surface area (Å²) in [7, 11) is 0. The third kappa shape index (κ3) is 2.82. The van der Waals surface area contributed by atoms with Gasteiger partial charge in [0.05, 0.1) is 16.1 Å². The van der Waals surface area contributed by atoms with E-state index in [4.69, 9.17) is 28.5 Å². The lowest BCUT2D eigenvalue weighted by Crippen LogP contribution is -2.12. The molecule has 0 aliphatic heterocycles. The van der Waals surface area contributed by atoms with E-state index in [0.717, 1.165) is 0 Å². The molecule has 2 nitrogen and oxygen atoms in total. The first-order chi connectivity index (χ1) is 9.54. The van der Waals surface area contributed by atoms with Crippen molar-refractivity contribution >= 4 is 29.0 Å². The number of ketones is 1. The second-order valence-electron chi connectivity index (χ2n) is 4.08. The van der Waals surface area contributed by atoms with Crippen molar-refractivity contribution < 1.29 is 9.18 Å². The quantitative estimate of drug-likeness (QED) is 0.776. The molecule has 2 rings (SSSR count). The first-order valence-corrected chi connectivity index (χ1v) is 6.43. The Morgan fingerprint density at radius 1 is 1.15 bits per heavy atom. The normalized spacial score (nSPS) is 11.7. The Kier molecular flexibility index (Phi) is 4.39. The third-order valence-corrected chi connectivity index (χ3v) is 3.55. The van der Waals surface area contributed by atoms with Gasteiger partial charge in [0.25, 0.3) is 0 Å². The molecule has 0 spiro atoms. The number of hydrogen-bond acceptors (Lipinski definition) is 2. The van der Waals surface area contributed by atoms with Gasteiger partial charge in [-0.15, -0.1) is 0 Å². The minimum atomic E-state index is -1.21. The standard InChI is InChI=1S/C15H8Cl2FNO/c16-12-6-5-9(7-13(12)17)15(20)11(8-19)10-3-1-2-4-14(10)18/h1-7,11H. The van der Waals surface area contributed by atoms with Crippen molar-refractivity contribution in [3.63, 3.8) is 0 Å². The van der Waals surface area contributed by atoms with Gasteiger partial charge in [-0.1, -0.05) is 41.4 Å². The summed E-state index contributed by atoms with van der Waals surface area (Å²) in [5.74, 6) is -2.32. The molecule has 0 bridgehead atoms. The summed E-state index contributed by atoms with van der Waals surface area (Å²) in [5.41, 5.74) is 0.264. The van der Waals surface area contributed by atoms with Crippen LogP contribution in [0.25, 0.3) is 0 Å². The van der Waals surface area contributed by atoms with Crippen LogP contribution in [0.3, 0.4) is 0 Å². The fourth-order valence-corrected chi connectivity index (χ4v) is 2.09. The number of nitriles is 1. The maximum atomic E-state index is 13.7. The van der Waals surface area contributed by atoms with Crippen molar-refractivity contribution in [2.45, 2.75) is 5.92 Å². The smallest absolute Gasteiger partial charge is 0.184 e. The first kappa shape index (κ1) is 14.5. The minimum Gasteiger partial charge on any atom is -0.292 e. The summed E-state index contributed by atoms with van der Waals surface area (Å²) in [5, 5.41) is 9.68. The summed E-state index contributed by atoms with van der Waals surface area (Å²) >= 11 is 11.6. The monoisotopic (exact) mass is 307 g/mol. The number of rotatable bonds is 3. The molecule has 0 N–H and O–H groups in total. The number of nitrogens with zero attached hydrogens (tertiary/aromatic N) is 1. The summed E-state index contributed by atoms with van der Waals surface area (Å²) in [4.78, 5) is 12.3. The number of carbonyl (C=O) groups is 1. The molecule has 2 aromatic carbocycles. The molecule has 0 aromatic heterocycles. The second kappa shape index (κ2) is 6.04. The van der Waals surface area contributed by atoms with Crippen molar-refractivity contribution in [2.24, 2.45) is 0 Å². The molecule has 0 fully saturated rings. The zero-order valence-electron chi connectivity index (χ0n) is 10.1. The van der Waals surface area contributed by atoms with Crippen LogP contribution in [0.4, 0.5) is 4.39 Å². The minimum absolute atomic E-state index is 0.0473. The van der Waals surface area contributed by atoms with Gasteiger partial charge in [-0.3, -0.25) is 4.79 Å². The Labute approximate surface area is 125 Å². The Morgan fingerprint density at radius 3 is 2.45 bits per heavy atom. The number of carbonyl (C=O) groups excluding carboxylic acids is 1. The van der Waals surface area contributed by atoms with E-state index >= 15 is 0 Å². The van der Waals surface area contributed by atoms with Crippen LogP contribution in [0.15, 0.2) is 42.5 Å². The lowest BCUT2D eigenvalue weighted by Gasteiger charge is -2.10. The van der Waals surface area contributed by atoms with Gasteiger partial charge in [-0.05, 0) is 24.3 Å². The highest BCUT2D eigenvalue weighted by Gasteiger charge is 2.24. The van der Waals surface area contributed by atoms with Crippen molar-refractivity contribution in [3.8, 4) is 6.07 Å². The maximum absolute atomic E-state index is 13.7.